The molecule has 0 heterocycles. The van der Waals surface area contributed by atoms with Gasteiger partial charge < -0.3 is 15.3 Å². The zero-order chi connectivity index (χ0) is 14.3. The quantitative estimate of drug-likeness (QED) is 0.371. The first-order chi connectivity index (χ1) is 9.06. The van der Waals surface area contributed by atoms with Crippen molar-refractivity contribution in [2.24, 2.45) is 11.8 Å². The van der Waals surface area contributed by atoms with Crippen LogP contribution in [0.2, 0.25) is 0 Å². The molecular weight excluding hydrogens is 239 g/mol. The Labute approximate surface area is 117 Å². The number of allylic oxidation sites excluding steroid dienone is 2. The fourth-order valence-electron chi connectivity index (χ4n) is 2.64. The molecular formula is C15H25BO3. The molecule has 1 rings (SSSR count). The Balaban J connectivity index is 2.54. The number of rotatable bonds is 7. The summed E-state index contributed by atoms with van der Waals surface area (Å²) in [5.41, 5.74) is 0. The van der Waals surface area contributed by atoms with Crippen LogP contribution < -0.4 is 0 Å². The van der Waals surface area contributed by atoms with Crippen molar-refractivity contribution in [1.29, 1.82) is 0 Å². The fraction of sp³-hybridized carbons (Fsp3) is 0.733. The number of aliphatic hydroxyl groups is 3. The summed E-state index contributed by atoms with van der Waals surface area (Å²) in [6.07, 6.45) is 10.9. The molecule has 3 N–H and O–H groups in total. The lowest BCUT2D eigenvalue weighted by molar-refractivity contribution is 0.120. The number of hydrogen-bond donors (Lipinski definition) is 3. The average Bonchev–Trinajstić information content (AvgIpc) is 2.61. The van der Waals surface area contributed by atoms with Gasteiger partial charge in [0.25, 0.3) is 0 Å². The third-order valence-corrected chi connectivity index (χ3v) is 3.75. The molecule has 0 saturated heterocycles. The van der Waals surface area contributed by atoms with Crippen LogP contribution in [-0.2, 0) is 0 Å². The molecule has 0 aliphatic heterocycles. The second-order valence-corrected chi connectivity index (χ2v) is 5.34. The molecule has 5 atom stereocenters. The first-order valence-electron chi connectivity index (χ1n) is 7.19. The Hall–Kier alpha value is -0.575. The monoisotopic (exact) mass is 264 g/mol. The van der Waals surface area contributed by atoms with Crippen molar-refractivity contribution in [3.63, 3.8) is 0 Å². The van der Waals surface area contributed by atoms with Crippen molar-refractivity contribution >= 4 is 7.85 Å². The van der Waals surface area contributed by atoms with Gasteiger partial charge in [0.05, 0.1) is 12.2 Å². The first-order valence-corrected chi connectivity index (χ1v) is 7.19. The smallest absolute Gasteiger partial charge is 0.114 e. The molecule has 1 fully saturated rings. The maximum Gasteiger partial charge on any atom is 0.114 e. The van der Waals surface area contributed by atoms with E-state index >= 15 is 0 Å². The molecule has 3 nitrogen and oxygen atoms in total. The minimum atomic E-state index is -1.01. The third kappa shape index (κ3) is 5.51. The molecule has 0 aromatic heterocycles. The molecule has 1 aliphatic rings. The van der Waals surface area contributed by atoms with Gasteiger partial charge in [-0.3, -0.25) is 0 Å². The lowest BCUT2D eigenvalue weighted by Gasteiger charge is -2.19. The molecule has 1 saturated carbocycles. The van der Waals surface area contributed by atoms with Crippen molar-refractivity contribution in [2.45, 2.75) is 57.2 Å². The molecule has 0 aromatic rings. The van der Waals surface area contributed by atoms with Crippen LogP contribution in [-0.4, -0.2) is 41.4 Å². The van der Waals surface area contributed by atoms with Gasteiger partial charge in [-0.1, -0.05) is 44.1 Å². The Morgan fingerprint density at radius 1 is 1.26 bits per heavy atom. The van der Waals surface area contributed by atoms with Crippen LogP contribution in [0.4, 0.5) is 0 Å². The first kappa shape index (κ1) is 16.5. The summed E-state index contributed by atoms with van der Waals surface area (Å²) in [5, 5.41) is 29.0. The Morgan fingerprint density at radius 2 is 2.00 bits per heavy atom. The van der Waals surface area contributed by atoms with Gasteiger partial charge in [0.2, 0.25) is 0 Å². The van der Waals surface area contributed by atoms with E-state index in [1.807, 2.05) is 0 Å². The van der Waals surface area contributed by atoms with E-state index in [9.17, 15) is 10.2 Å². The molecule has 0 spiro atoms. The summed E-state index contributed by atoms with van der Waals surface area (Å²) in [4.78, 5) is 0. The molecule has 1 aliphatic carbocycles. The lowest BCUT2D eigenvalue weighted by Crippen LogP contribution is -2.20. The van der Waals surface area contributed by atoms with Crippen LogP contribution in [0.5, 0.6) is 0 Å². The zero-order valence-corrected chi connectivity index (χ0v) is 11.7. The normalized spacial score (nSPS) is 33.5. The van der Waals surface area contributed by atoms with Gasteiger partial charge in [-0.05, 0) is 18.8 Å². The zero-order valence-electron chi connectivity index (χ0n) is 11.7. The molecule has 106 valence electrons. The van der Waals surface area contributed by atoms with Crippen LogP contribution in [0.25, 0.3) is 0 Å². The second-order valence-electron chi connectivity index (χ2n) is 5.34. The highest BCUT2D eigenvalue weighted by Gasteiger charge is 2.39. The molecule has 0 aromatic carbocycles. The van der Waals surface area contributed by atoms with Crippen molar-refractivity contribution in [3.05, 3.63) is 24.3 Å². The van der Waals surface area contributed by atoms with Crippen LogP contribution in [0.3, 0.4) is 0 Å². The maximum absolute atomic E-state index is 9.98. The van der Waals surface area contributed by atoms with E-state index in [4.69, 9.17) is 13.0 Å². The van der Waals surface area contributed by atoms with Crippen molar-refractivity contribution in [3.8, 4) is 0 Å². The molecule has 2 radical (unpaired) electrons. The van der Waals surface area contributed by atoms with E-state index in [0.717, 1.165) is 12.8 Å². The summed E-state index contributed by atoms with van der Waals surface area (Å²) >= 11 is 0. The predicted molar refractivity (Wildman–Crippen MR) is 77.8 cm³/mol. The van der Waals surface area contributed by atoms with Crippen molar-refractivity contribution < 1.29 is 15.3 Å². The highest BCUT2D eigenvalue weighted by Crippen LogP contribution is 2.36. The standard InChI is InChI=1S/C15H25BO3/c1-2-3-4-5-6-7-11-12(8-9-15(16)19)14(18)10-13(11)17/h5-6,8-9,11-15,17-19H,2-4,7,10H2,1H3/b6-5-,9-8?/t11-,12-,13?,14-,15?/m1/s1. The van der Waals surface area contributed by atoms with Gasteiger partial charge in [-0.25, -0.2) is 0 Å². The summed E-state index contributed by atoms with van der Waals surface area (Å²) < 4.78 is 0. The van der Waals surface area contributed by atoms with Crippen molar-refractivity contribution in [2.75, 3.05) is 0 Å². The van der Waals surface area contributed by atoms with E-state index in [1.54, 1.807) is 6.08 Å². The lowest BCUT2D eigenvalue weighted by atomic mass is 9.88. The third-order valence-electron chi connectivity index (χ3n) is 3.75. The number of aliphatic hydroxyl groups excluding tert-OH is 3. The summed E-state index contributed by atoms with van der Waals surface area (Å²) in [7, 11) is 5.26. The van der Waals surface area contributed by atoms with Gasteiger partial charge in [0, 0.05) is 18.3 Å². The topological polar surface area (TPSA) is 60.7 Å². The van der Waals surface area contributed by atoms with Crippen LogP contribution in [0.15, 0.2) is 24.3 Å². The minimum absolute atomic E-state index is 0.00266. The summed E-state index contributed by atoms with van der Waals surface area (Å²) in [6.45, 7) is 2.16. The molecule has 4 heteroatoms. The van der Waals surface area contributed by atoms with Crippen LogP contribution in [0.1, 0.15) is 39.0 Å². The SMILES string of the molecule is [B]C(O)C=C[C@H]1[C@H](O)CC(O)[C@@H]1C/C=C\CCCC. The highest BCUT2D eigenvalue weighted by atomic mass is 16.3. The Morgan fingerprint density at radius 3 is 2.63 bits per heavy atom. The molecule has 19 heavy (non-hydrogen) atoms. The maximum atomic E-state index is 9.98. The van der Waals surface area contributed by atoms with Gasteiger partial charge in [-0.15, -0.1) is 0 Å². The second kappa shape index (κ2) is 8.57. The van der Waals surface area contributed by atoms with E-state index < -0.39 is 18.2 Å². The van der Waals surface area contributed by atoms with Crippen LogP contribution >= 0.6 is 0 Å². The minimum Gasteiger partial charge on any atom is -0.399 e. The van der Waals surface area contributed by atoms with E-state index in [1.165, 1.54) is 18.9 Å². The van der Waals surface area contributed by atoms with Gasteiger partial charge in [0.1, 0.15) is 7.85 Å². The fourth-order valence-corrected chi connectivity index (χ4v) is 2.64. The largest absolute Gasteiger partial charge is 0.399 e. The van der Waals surface area contributed by atoms with E-state index in [0.29, 0.717) is 6.42 Å². The van der Waals surface area contributed by atoms with Crippen LogP contribution in [0, 0.1) is 11.8 Å². The summed E-state index contributed by atoms with van der Waals surface area (Å²) in [6, 6.07) is -1.01. The van der Waals surface area contributed by atoms with Gasteiger partial charge in [0.15, 0.2) is 0 Å². The summed E-state index contributed by atoms with van der Waals surface area (Å²) in [5.74, 6) is -0.132. The molecule has 0 bridgehead atoms. The highest BCUT2D eigenvalue weighted by molar-refractivity contribution is 6.12. The Bertz CT molecular complexity index is 302. The average molecular weight is 264 g/mol. The van der Waals surface area contributed by atoms with Crippen molar-refractivity contribution in [1.82, 2.24) is 0 Å². The van der Waals surface area contributed by atoms with Gasteiger partial charge >= 0.3 is 0 Å². The van der Waals surface area contributed by atoms with E-state index in [2.05, 4.69) is 19.1 Å². The number of hydrogen-bond acceptors (Lipinski definition) is 3. The van der Waals surface area contributed by atoms with E-state index in [-0.39, 0.29) is 11.8 Å². The number of unbranched alkanes of at least 4 members (excludes halogenated alkanes) is 2. The molecule has 2 unspecified atom stereocenters. The molecule has 0 amide bonds. The predicted octanol–water partition coefficient (Wildman–Crippen LogP) is 1.52. The Kier molecular flexibility index (Phi) is 7.43. The van der Waals surface area contributed by atoms with Gasteiger partial charge in [-0.2, -0.15) is 0 Å².